The van der Waals surface area contributed by atoms with Crippen molar-refractivity contribution in [3.63, 3.8) is 0 Å². The maximum Gasteiger partial charge on any atom is 0.233 e. The fourth-order valence-electron chi connectivity index (χ4n) is 1.51. The molecule has 1 aromatic heterocycles. The molecule has 0 saturated heterocycles. The average molecular weight is 265 g/mol. The highest BCUT2D eigenvalue weighted by molar-refractivity contribution is 7.80. The second kappa shape index (κ2) is 5.91. The molecule has 0 spiro atoms. The Morgan fingerprint density at radius 2 is 2.28 bits per heavy atom. The van der Waals surface area contributed by atoms with Crippen LogP contribution in [0.15, 0.2) is 18.3 Å². The molecule has 1 atom stereocenters. The second-order valence-electron chi connectivity index (χ2n) is 4.50. The molecule has 1 rings (SSSR count). The van der Waals surface area contributed by atoms with E-state index in [9.17, 15) is 4.79 Å². The number of nitrogens with zero attached hydrogens (tertiary/aromatic N) is 1. The van der Waals surface area contributed by atoms with Gasteiger partial charge < -0.3 is 11.1 Å². The van der Waals surface area contributed by atoms with Gasteiger partial charge in [0.05, 0.1) is 22.6 Å². The van der Waals surface area contributed by atoms with E-state index in [1.807, 2.05) is 26.0 Å². The van der Waals surface area contributed by atoms with Crippen LogP contribution in [0.1, 0.15) is 31.5 Å². The van der Waals surface area contributed by atoms with Crippen molar-refractivity contribution in [3.8, 4) is 0 Å². The molecule has 0 saturated carbocycles. The highest BCUT2D eigenvalue weighted by atomic mass is 32.1. The third-order valence-electron chi connectivity index (χ3n) is 3.29. The van der Waals surface area contributed by atoms with Crippen LogP contribution in [0.3, 0.4) is 0 Å². The number of aromatic nitrogens is 1. The van der Waals surface area contributed by atoms with E-state index < -0.39 is 5.41 Å². The third kappa shape index (κ3) is 3.04. The number of carbonyl (C=O) groups is 1. The summed E-state index contributed by atoms with van der Waals surface area (Å²) in [5, 5.41) is 2.84. The molecule has 0 radical (unpaired) electrons. The molecule has 1 unspecified atom stereocenters. The number of carbonyl (C=O) groups excluding carboxylic acids is 1. The van der Waals surface area contributed by atoms with E-state index in [4.69, 9.17) is 18.0 Å². The molecule has 3 N–H and O–H groups in total. The number of rotatable bonds is 5. The summed E-state index contributed by atoms with van der Waals surface area (Å²) in [6.45, 7) is 6.01. The van der Waals surface area contributed by atoms with E-state index >= 15 is 0 Å². The maximum absolute atomic E-state index is 12.1. The fourth-order valence-corrected chi connectivity index (χ4v) is 1.75. The Hall–Kier alpha value is -1.49. The second-order valence-corrected chi connectivity index (χ2v) is 4.94. The third-order valence-corrected chi connectivity index (χ3v) is 3.74. The van der Waals surface area contributed by atoms with E-state index in [1.54, 1.807) is 13.1 Å². The number of hydrogen-bond acceptors (Lipinski definition) is 3. The fraction of sp³-hybridized carbons (Fsp3) is 0.462. The summed E-state index contributed by atoms with van der Waals surface area (Å²) < 4.78 is 0. The Labute approximate surface area is 113 Å². The highest BCUT2D eigenvalue weighted by Crippen LogP contribution is 2.21. The van der Waals surface area contributed by atoms with Crippen LogP contribution in [0.5, 0.6) is 0 Å². The van der Waals surface area contributed by atoms with Crippen LogP contribution < -0.4 is 11.1 Å². The number of nitrogens with two attached hydrogens (primary N) is 1. The zero-order valence-electron chi connectivity index (χ0n) is 11.0. The Bertz CT molecular complexity index is 461. The normalized spacial score (nSPS) is 13.7. The average Bonchev–Trinajstić information content (AvgIpc) is 2.36. The lowest BCUT2D eigenvalue weighted by atomic mass is 9.86. The lowest BCUT2D eigenvalue weighted by molar-refractivity contribution is -0.127. The van der Waals surface area contributed by atoms with E-state index in [0.717, 1.165) is 11.3 Å². The van der Waals surface area contributed by atoms with Crippen molar-refractivity contribution >= 4 is 23.1 Å². The number of aryl methyl sites for hydroxylation is 1. The lowest BCUT2D eigenvalue weighted by Crippen LogP contribution is -2.46. The first-order valence-corrected chi connectivity index (χ1v) is 6.31. The smallest absolute Gasteiger partial charge is 0.233 e. The predicted molar refractivity (Wildman–Crippen MR) is 76.0 cm³/mol. The molecule has 0 aromatic carbocycles. The number of amides is 1. The van der Waals surface area contributed by atoms with Gasteiger partial charge in [-0.15, -0.1) is 0 Å². The molecule has 1 amide bonds. The van der Waals surface area contributed by atoms with Gasteiger partial charge in [0.25, 0.3) is 0 Å². The summed E-state index contributed by atoms with van der Waals surface area (Å²) in [7, 11) is 0. The minimum Gasteiger partial charge on any atom is -0.392 e. The summed E-state index contributed by atoms with van der Waals surface area (Å²) in [4.78, 5) is 16.6. The Morgan fingerprint density at radius 3 is 2.78 bits per heavy atom. The molecule has 98 valence electrons. The predicted octanol–water partition coefficient (Wildman–Crippen LogP) is 1.71. The van der Waals surface area contributed by atoms with Crippen LogP contribution in [-0.4, -0.2) is 15.9 Å². The summed E-state index contributed by atoms with van der Waals surface area (Å²) in [6.07, 6.45) is 2.29. The van der Waals surface area contributed by atoms with Crippen LogP contribution in [0.25, 0.3) is 0 Å². The molecule has 5 heteroatoms. The van der Waals surface area contributed by atoms with Crippen molar-refractivity contribution in [2.24, 2.45) is 11.1 Å². The van der Waals surface area contributed by atoms with E-state index in [1.165, 1.54) is 0 Å². The lowest BCUT2D eigenvalue weighted by Gasteiger charge is -2.25. The Balaban J connectivity index is 2.72. The van der Waals surface area contributed by atoms with Crippen LogP contribution in [0.2, 0.25) is 0 Å². The van der Waals surface area contributed by atoms with Gasteiger partial charge in [-0.05, 0) is 31.9 Å². The minimum absolute atomic E-state index is 0.150. The first-order chi connectivity index (χ1) is 8.41. The van der Waals surface area contributed by atoms with Crippen molar-refractivity contribution in [3.05, 3.63) is 29.6 Å². The van der Waals surface area contributed by atoms with Gasteiger partial charge >= 0.3 is 0 Å². The van der Waals surface area contributed by atoms with E-state index in [0.29, 0.717) is 13.0 Å². The number of thiocarbonyl (C=S) groups is 1. The van der Waals surface area contributed by atoms with Crippen molar-refractivity contribution < 1.29 is 4.79 Å². The van der Waals surface area contributed by atoms with Crippen LogP contribution in [-0.2, 0) is 11.3 Å². The number of hydrogen-bond donors (Lipinski definition) is 2. The SMILES string of the molecule is CCC(C)(C(=O)NCc1ncccc1C)C(N)=S. The quantitative estimate of drug-likeness (QED) is 0.795. The molecule has 0 aliphatic rings. The van der Waals surface area contributed by atoms with Gasteiger partial charge in [-0.1, -0.05) is 25.2 Å². The van der Waals surface area contributed by atoms with Crippen molar-refractivity contribution in [1.29, 1.82) is 0 Å². The molecular formula is C13H19N3OS. The monoisotopic (exact) mass is 265 g/mol. The molecular weight excluding hydrogens is 246 g/mol. The summed E-state index contributed by atoms with van der Waals surface area (Å²) in [6, 6.07) is 3.83. The van der Waals surface area contributed by atoms with Gasteiger partial charge in [0, 0.05) is 6.20 Å². The molecule has 18 heavy (non-hydrogen) atoms. The standard InChI is InChI=1S/C13H19N3OS/c1-4-13(3,11(14)18)12(17)16-8-10-9(2)6-5-7-15-10/h5-7H,4,8H2,1-3H3,(H2,14,18)(H,16,17). The van der Waals surface area contributed by atoms with Gasteiger partial charge in [0.2, 0.25) is 5.91 Å². The number of pyridine rings is 1. The molecule has 4 nitrogen and oxygen atoms in total. The molecule has 0 aliphatic heterocycles. The van der Waals surface area contributed by atoms with Crippen LogP contribution >= 0.6 is 12.2 Å². The summed E-state index contributed by atoms with van der Waals surface area (Å²) >= 11 is 4.96. The first kappa shape index (κ1) is 14.6. The molecule has 1 heterocycles. The van der Waals surface area contributed by atoms with E-state index in [2.05, 4.69) is 10.3 Å². The summed E-state index contributed by atoms with van der Waals surface area (Å²) in [5.41, 5.74) is 6.74. The van der Waals surface area contributed by atoms with Crippen molar-refractivity contribution in [2.75, 3.05) is 0 Å². The number of nitrogens with one attached hydrogen (secondary N) is 1. The van der Waals surface area contributed by atoms with Crippen LogP contribution in [0.4, 0.5) is 0 Å². The van der Waals surface area contributed by atoms with Gasteiger partial charge in [0.1, 0.15) is 0 Å². The van der Waals surface area contributed by atoms with E-state index in [-0.39, 0.29) is 10.9 Å². The molecule has 0 aliphatic carbocycles. The first-order valence-electron chi connectivity index (χ1n) is 5.90. The van der Waals surface area contributed by atoms with Gasteiger partial charge in [-0.3, -0.25) is 9.78 Å². The van der Waals surface area contributed by atoms with Crippen molar-refractivity contribution in [2.45, 2.75) is 33.7 Å². The van der Waals surface area contributed by atoms with Crippen LogP contribution in [0, 0.1) is 12.3 Å². The van der Waals surface area contributed by atoms with Gasteiger partial charge in [-0.25, -0.2) is 0 Å². The molecule has 0 bridgehead atoms. The topological polar surface area (TPSA) is 68.0 Å². The molecule has 0 fully saturated rings. The Morgan fingerprint density at radius 1 is 1.61 bits per heavy atom. The maximum atomic E-state index is 12.1. The zero-order chi connectivity index (χ0) is 13.8. The largest absolute Gasteiger partial charge is 0.392 e. The minimum atomic E-state index is -0.794. The summed E-state index contributed by atoms with van der Waals surface area (Å²) in [5.74, 6) is -0.150. The van der Waals surface area contributed by atoms with Gasteiger partial charge in [-0.2, -0.15) is 0 Å². The Kier molecular flexibility index (Phi) is 4.78. The highest BCUT2D eigenvalue weighted by Gasteiger charge is 2.34. The van der Waals surface area contributed by atoms with Crippen molar-refractivity contribution in [1.82, 2.24) is 10.3 Å². The van der Waals surface area contributed by atoms with Gasteiger partial charge in [0.15, 0.2) is 0 Å². The molecule has 1 aromatic rings. The zero-order valence-corrected chi connectivity index (χ0v) is 11.8.